The number of ether oxygens (including phenoxy) is 1. The van der Waals surface area contributed by atoms with Gasteiger partial charge in [-0.15, -0.1) is 0 Å². The van der Waals surface area contributed by atoms with Crippen LogP contribution < -0.4 is 20.7 Å². The maximum atomic E-state index is 12.1. The van der Waals surface area contributed by atoms with E-state index in [0.717, 1.165) is 24.2 Å². The monoisotopic (exact) mass is 339 g/mol. The van der Waals surface area contributed by atoms with E-state index in [2.05, 4.69) is 16.0 Å². The lowest BCUT2D eigenvalue weighted by Crippen LogP contribution is -2.28. The molecule has 3 N–H and O–H groups in total. The molecule has 6 nitrogen and oxygen atoms in total. The zero-order chi connectivity index (χ0) is 17.6. The van der Waals surface area contributed by atoms with Crippen LogP contribution in [0.2, 0.25) is 0 Å². The maximum Gasteiger partial charge on any atom is 0.319 e. The number of benzene rings is 2. The van der Waals surface area contributed by atoms with Crippen LogP contribution in [0.5, 0.6) is 5.75 Å². The summed E-state index contributed by atoms with van der Waals surface area (Å²) in [5.74, 6) is 0.636. The molecule has 0 spiro atoms. The summed E-state index contributed by atoms with van der Waals surface area (Å²) < 4.78 is 5.16. The summed E-state index contributed by atoms with van der Waals surface area (Å²) in [5, 5.41) is 8.46. The van der Waals surface area contributed by atoms with Crippen LogP contribution in [0.4, 0.5) is 10.5 Å². The Morgan fingerprint density at radius 1 is 1.12 bits per heavy atom. The molecule has 1 saturated carbocycles. The summed E-state index contributed by atoms with van der Waals surface area (Å²) in [5.41, 5.74) is 2.05. The quantitative estimate of drug-likeness (QED) is 0.757. The molecule has 2 aromatic rings. The van der Waals surface area contributed by atoms with E-state index < -0.39 is 0 Å². The SMILES string of the molecule is COc1cccc(CNC(=O)Nc2cccc(C(=O)NC3CC3)c2)c1. The van der Waals surface area contributed by atoms with E-state index in [-0.39, 0.29) is 11.9 Å². The van der Waals surface area contributed by atoms with Crippen molar-refractivity contribution in [2.24, 2.45) is 0 Å². The van der Waals surface area contributed by atoms with Crippen molar-refractivity contribution in [1.82, 2.24) is 10.6 Å². The topological polar surface area (TPSA) is 79.5 Å². The summed E-state index contributed by atoms with van der Waals surface area (Å²) in [6, 6.07) is 14.4. The summed E-state index contributed by atoms with van der Waals surface area (Å²) in [4.78, 5) is 24.1. The lowest BCUT2D eigenvalue weighted by Gasteiger charge is -2.10. The zero-order valence-corrected chi connectivity index (χ0v) is 14.0. The largest absolute Gasteiger partial charge is 0.497 e. The third-order valence-corrected chi connectivity index (χ3v) is 3.88. The summed E-state index contributed by atoms with van der Waals surface area (Å²) in [6.07, 6.45) is 2.08. The first kappa shape index (κ1) is 16.8. The minimum atomic E-state index is -0.331. The number of carbonyl (C=O) groups excluding carboxylic acids is 2. The van der Waals surface area contributed by atoms with Gasteiger partial charge in [-0.25, -0.2) is 4.79 Å². The van der Waals surface area contributed by atoms with E-state index in [1.54, 1.807) is 31.4 Å². The van der Waals surface area contributed by atoms with Crippen molar-refractivity contribution >= 4 is 17.6 Å². The standard InChI is InChI=1S/C19H21N3O3/c1-25-17-7-2-4-13(10-17)12-20-19(24)22-16-6-3-5-14(11-16)18(23)21-15-8-9-15/h2-7,10-11,15H,8-9,12H2,1H3,(H,21,23)(H2,20,22,24). The second-order valence-electron chi connectivity index (χ2n) is 5.99. The predicted octanol–water partition coefficient (Wildman–Crippen LogP) is 2.91. The van der Waals surface area contributed by atoms with Crippen LogP contribution in [0.3, 0.4) is 0 Å². The first-order valence-corrected chi connectivity index (χ1v) is 8.23. The van der Waals surface area contributed by atoms with Gasteiger partial charge < -0.3 is 20.7 Å². The molecule has 130 valence electrons. The Morgan fingerprint density at radius 2 is 1.92 bits per heavy atom. The summed E-state index contributed by atoms with van der Waals surface area (Å²) in [6.45, 7) is 0.380. The van der Waals surface area contributed by atoms with E-state index in [1.807, 2.05) is 24.3 Å². The van der Waals surface area contributed by atoms with E-state index in [9.17, 15) is 9.59 Å². The van der Waals surface area contributed by atoms with E-state index >= 15 is 0 Å². The third-order valence-electron chi connectivity index (χ3n) is 3.88. The lowest BCUT2D eigenvalue weighted by molar-refractivity contribution is 0.0951. The number of rotatable bonds is 6. The third kappa shape index (κ3) is 4.97. The van der Waals surface area contributed by atoms with Crippen molar-refractivity contribution in [2.75, 3.05) is 12.4 Å². The molecule has 1 fully saturated rings. The highest BCUT2D eigenvalue weighted by Gasteiger charge is 2.23. The van der Waals surface area contributed by atoms with E-state index in [4.69, 9.17) is 4.74 Å². The van der Waals surface area contributed by atoms with Crippen LogP contribution in [-0.2, 0) is 6.54 Å². The molecular formula is C19H21N3O3. The van der Waals surface area contributed by atoms with Gasteiger partial charge in [0, 0.05) is 23.8 Å². The summed E-state index contributed by atoms with van der Waals surface area (Å²) >= 11 is 0. The van der Waals surface area contributed by atoms with Gasteiger partial charge in [0.05, 0.1) is 7.11 Å². The van der Waals surface area contributed by atoms with Gasteiger partial charge in [0.25, 0.3) is 5.91 Å². The summed E-state index contributed by atoms with van der Waals surface area (Å²) in [7, 11) is 1.60. The Kier molecular flexibility index (Phi) is 5.18. The molecule has 0 unspecified atom stereocenters. The highest BCUT2D eigenvalue weighted by atomic mass is 16.5. The van der Waals surface area contributed by atoms with Gasteiger partial charge >= 0.3 is 6.03 Å². The van der Waals surface area contributed by atoms with Gasteiger partial charge in [-0.1, -0.05) is 18.2 Å². The molecular weight excluding hydrogens is 318 g/mol. The molecule has 0 atom stereocenters. The average molecular weight is 339 g/mol. The van der Waals surface area contributed by atoms with Crippen molar-refractivity contribution in [3.05, 3.63) is 59.7 Å². The van der Waals surface area contributed by atoms with Crippen molar-refractivity contribution in [1.29, 1.82) is 0 Å². The van der Waals surface area contributed by atoms with Gasteiger partial charge in [0.15, 0.2) is 0 Å². The molecule has 0 saturated heterocycles. The molecule has 3 rings (SSSR count). The Hall–Kier alpha value is -3.02. The fourth-order valence-corrected chi connectivity index (χ4v) is 2.37. The van der Waals surface area contributed by atoms with E-state index in [1.165, 1.54) is 0 Å². The van der Waals surface area contributed by atoms with Crippen molar-refractivity contribution in [3.63, 3.8) is 0 Å². The highest BCUT2D eigenvalue weighted by molar-refractivity contribution is 5.97. The number of hydrogen-bond acceptors (Lipinski definition) is 3. The van der Waals surface area contributed by atoms with Crippen molar-refractivity contribution in [3.8, 4) is 5.75 Å². The van der Waals surface area contributed by atoms with Gasteiger partial charge in [-0.05, 0) is 48.7 Å². The zero-order valence-electron chi connectivity index (χ0n) is 14.0. The minimum absolute atomic E-state index is 0.108. The first-order chi connectivity index (χ1) is 12.1. The normalized spacial score (nSPS) is 13.0. The Labute approximate surface area is 146 Å². The number of anilines is 1. The Morgan fingerprint density at radius 3 is 2.68 bits per heavy atom. The number of amides is 3. The number of methoxy groups -OCH3 is 1. The van der Waals surface area contributed by atoms with Crippen LogP contribution in [-0.4, -0.2) is 25.1 Å². The molecule has 3 amide bonds. The van der Waals surface area contributed by atoms with Crippen LogP contribution in [0.1, 0.15) is 28.8 Å². The van der Waals surface area contributed by atoms with Gasteiger partial charge in [0.1, 0.15) is 5.75 Å². The predicted molar refractivity (Wildman–Crippen MR) is 95.8 cm³/mol. The molecule has 0 radical (unpaired) electrons. The fraction of sp³-hybridized carbons (Fsp3) is 0.263. The number of nitrogens with one attached hydrogen (secondary N) is 3. The molecule has 1 aliphatic carbocycles. The average Bonchev–Trinajstić information content (AvgIpc) is 3.44. The highest BCUT2D eigenvalue weighted by Crippen LogP contribution is 2.20. The molecule has 0 bridgehead atoms. The van der Waals surface area contributed by atoms with Crippen molar-refractivity contribution in [2.45, 2.75) is 25.4 Å². The maximum absolute atomic E-state index is 12.1. The smallest absolute Gasteiger partial charge is 0.319 e. The van der Waals surface area contributed by atoms with Gasteiger partial charge in [-0.3, -0.25) is 4.79 Å². The second kappa shape index (κ2) is 7.70. The minimum Gasteiger partial charge on any atom is -0.497 e. The van der Waals surface area contributed by atoms with Crippen LogP contribution in [0.25, 0.3) is 0 Å². The number of urea groups is 1. The van der Waals surface area contributed by atoms with Crippen LogP contribution in [0, 0.1) is 0 Å². The van der Waals surface area contributed by atoms with Crippen molar-refractivity contribution < 1.29 is 14.3 Å². The molecule has 25 heavy (non-hydrogen) atoms. The first-order valence-electron chi connectivity index (χ1n) is 8.23. The van der Waals surface area contributed by atoms with Gasteiger partial charge in [-0.2, -0.15) is 0 Å². The lowest BCUT2D eigenvalue weighted by atomic mass is 10.2. The number of carbonyl (C=O) groups is 2. The van der Waals surface area contributed by atoms with Crippen LogP contribution >= 0.6 is 0 Å². The van der Waals surface area contributed by atoms with Gasteiger partial charge in [0.2, 0.25) is 0 Å². The Balaban J connectivity index is 1.54. The van der Waals surface area contributed by atoms with Crippen LogP contribution in [0.15, 0.2) is 48.5 Å². The van der Waals surface area contributed by atoms with E-state index in [0.29, 0.717) is 23.8 Å². The molecule has 0 aromatic heterocycles. The molecule has 0 aliphatic heterocycles. The Bertz CT molecular complexity index is 772. The number of hydrogen-bond donors (Lipinski definition) is 3. The molecule has 2 aromatic carbocycles. The molecule has 1 aliphatic rings. The fourth-order valence-electron chi connectivity index (χ4n) is 2.37. The molecule has 6 heteroatoms. The molecule has 0 heterocycles. The second-order valence-corrected chi connectivity index (χ2v) is 5.99.